The molecule has 0 aromatic carbocycles. The Morgan fingerprint density at radius 3 is 2.90 bits per heavy atom. The summed E-state index contributed by atoms with van der Waals surface area (Å²) in [6.45, 7) is 0.360. The van der Waals surface area contributed by atoms with Crippen molar-refractivity contribution in [1.82, 2.24) is 19.3 Å². The standard InChI is InChI=1S/C14H17ClN4O2/c1-21-12-13(15)16-9-18(14(12)20)8-10-6-7-19(17-10)11-4-2-3-5-11/h6-7,9,11H,2-5,8H2,1H3. The third-order valence-corrected chi connectivity index (χ3v) is 4.12. The number of aromatic nitrogens is 4. The number of hydrogen-bond acceptors (Lipinski definition) is 4. The van der Waals surface area contributed by atoms with Gasteiger partial charge in [-0.1, -0.05) is 24.4 Å². The van der Waals surface area contributed by atoms with E-state index in [0.717, 1.165) is 5.69 Å². The average Bonchev–Trinajstić information content (AvgIpc) is 3.13. The van der Waals surface area contributed by atoms with Crippen molar-refractivity contribution in [2.45, 2.75) is 38.3 Å². The highest BCUT2D eigenvalue weighted by atomic mass is 35.5. The molecular weight excluding hydrogens is 292 g/mol. The highest BCUT2D eigenvalue weighted by Crippen LogP contribution is 2.28. The highest BCUT2D eigenvalue weighted by molar-refractivity contribution is 6.30. The molecule has 2 aromatic heterocycles. The van der Waals surface area contributed by atoms with Crippen LogP contribution in [0.15, 0.2) is 23.4 Å². The number of hydrogen-bond donors (Lipinski definition) is 0. The van der Waals surface area contributed by atoms with Crippen LogP contribution in [0.2, 0.25) is 5.15 Å². The third-order valence-electron chi connectivity index (χ3n) is 3.85. The molecule has 7 heteroatoms. The zero-order valence-electron chi connectivity index (χ0n) is 11.8. The summed E-state index contributed by atoms with van der Waals surface area (Å²) in [5, 5.41) is 4.64. The minimum absolute atomic E-state index is 0.0643. The van der Waals surface area contributed by atoms with E-state index >= 15 is 0 Å². The van der Waals surface area contributed by atoms with Crippen LogP contribution in [0.5, 0.6) is 5.75 Å². The topological polar surface area (TPSA) is 61.9 Å². The molecule has 21 heavy (non-hydrogen) atoms. The molecule has 112 valence electrons. The van der Waals surface area contributed by atoms with Gasteiger partial charge < -0.3 is 4.74 Å². The second kappa shape index (κ2) is 5.89. The van der Waals surface area contributed by atoms with Crippen molar-refractivity contribution in [3.63, 3.8) is 0 Å². The second-order valence-corrected chi connectivity index (χ2v) is 5.59. The van der Waals surface area contributed by atoms with Crippen molar-refractivity contribution in [2.24, 2.45) is 0 Å². The van der Waals surface area contributed by atoms with E-state index in [0.29, 0.717) is 12.6 Å². The number of nitrogens with zero attached hydrogens (tertiary/aromatic N) is 4. The van der Waals surface area contributed by atoms with Crippen LogP contribution < -0.4 is 10.3 Å². The van der Waals surface area contributed by atoms with E-state index < -0.39 is 0 Å². The molecule has 0 N–H and O–H groups in total. The Kier molecular flexibility index (Phi) is 3.96. The normalized spacial score (nSPS) is 15.5. The summed E-state index contributed by atoms with van der Waals surface area (Å²) in [6.07, 6.45) is 8.28. The van der Waals surface area contributed by atoms with Gasteiger partial charge in [-0.25, -0.2) is 4.98 Å². The van der Waals surface area contributed by atoms with Gasteiger partial charge in [-0.2, -0.15) is 5.10 Å². The van der Waals surface area contributed by atoms with E-state index in [2.05, 4.69) is 10.1 Å². The maximum absolute atomic E-state index is 12.2. The van der Waals surface area contributed by atoms with Crippen LogP contribution in [0.1, 0.15) is 37.4 Å². The minimum atomic E-state index is -0.298. The van der Waals surface area contributed by atoms with Gasteiger partial charge in [0, 0.05) is 6.20 Å². The van der Waals surface area contributed by atoms with Crippen molar-refractivity contribution in [3.8, 4) is 5.75 Å². The molecule has 0 radical (unpaired) electrons. The van der Waals surface area contributed by atoms with Crippen molar-refractivity contribution < 1.29 is 4.74 Å². The summed E-state index contributed by atoms with van der Waals surface area (Å²) in [5.41, 5.74) is 0.531. The highest BCUT2D eigenvalue weighted by Gasteiger charge is 2.18. The van der Waals surface area contributed by atoms with Gasteiger partial charge in [-0.3, -0.25) is 14.0 Å². The Hall–Kier alpha value is -1.82. The molecule has 1 saturated carbocycles. The molecular formula is C14H17ClN4O2. The van der Waals surface area contributed by atoms with E-state index in [4.69, 9.17) is 16.3 Å². The Labute approximate surface area is 127 Å². The number of ether oxygens (including phenoxy) is 1. The van der Waals surface area contributed by atoms with E-state index in [1.807, 2.05) is 16.9 Å². The van der Waals surface area contributed by atoms with Gasteiger partial charge >= 0.3 is 0 Å². The van der Waals surface area contributed by atoms with Gasteiger partial charge in [-0.15, -0.1) is 0 Å². The molecule has 0 atom stereocenters. The van der Waals surface area contributed by atoms with Crippen LogP contribution in [-0.2, 0) is 6.54 Å². The van der Waals surface area contributed by atoms with Gasteiger partial charge in [0.15, 0.2) is 5.15 Å². The van der Waals surface area contributed by atoms with Crippen LogP contribution in [0.4, 0.5) is 0 Å². The van der Waals surface area contributed by atoms with Crippen LogP contribution >= 0.6 is 11.6 Å². The van der Waals surface area contributed by atoms with Gasteiger partial charge in [0.2, 0.25) is 5.75 Å². The maximum atomic E-state index is 12.2. The molecule has 1 aliphatic rings. The predicted molar refractivity (Wildman–Crippen MR) is 78.9 cm³/mol. The average molecular weight is 309 g/mol. The fraction of sp³-hybridized carbons (Fsp3) is 0.500. The van der Waals surface area contributed by atoms with Crippen molar-refractivity contribution in [1.29, 1.82) is 0 Å². The van der Waals surface area contributed by atoms with Gasteiger partial charge in [0.1, 0.15) is 0 Å². The predicted octanol–water partition coefficient (Wildman–Crippen LogP) is 2.27. The molecule has 0 aliphatic heterocycles. The first-order valence-electron chi connectivity index (χ1n) is 7.02. The molecule has 0 bridgehead atoms. The molecule has 6 nitrogen and oxygen atoms in total. The first-order valence-corrected chi connectivity index (χ1v) is 7.40. The lowest BCUT2D eigenvalue weighted by Gasteiger charge is -2.09. The molecule has 3 rings (SSSR count). The summed E-state index contributed by atoms with van der Waals surface area (Å²) in [6, 6.07) is 2.43. The lowest BCUT2D eigenvalue weighted by atomic mass is 10.3. The number of methoxy groups -OCH3 is 1. The molecule has 1 aliphatic carbocycles. The Bertz CT molecular complexity index is 689. The van der Waals surface area contributed by atoms with E-state index in [9.17, 15) is 4.79 Å². The lowest BCUT2D eigenvalue weighted by molar-refractivity contribution is 0.400. The van der Waals surface area contributed by atoms with Gasteiger partial charge in [-0.05, 0) is 18.9 Å². The number of rotatable bonds is 4. The van der Waals surface area contributed by atoms with E-state index in [1.54, 1.807) is 0 Å². The van der Waals surface area contributed by atoms with Crippen molar-refractivity contribution >= 4 is 11.6 Å². The molecule has 0 amide bonds. The summed E-state index contributed by atoms with van der Waals surface area (Å²) >= 11 is 5.83. The smallest absolute Gasteiger partial charge is 0.297 e. The van der Waals surface area contributed by atoms with Crippen LogP contribution in [0.25, 0.3) is 0 Å². The summed E-state index contributed by atoms with van der Waals surface area (Å²) in [5.74, 6) is 0.0643. The molecule has 2 heterocycles. The van der Waals surface area contributed by atoms with Crippen molar-refractivity contribution in [2.75, 3.05) is 7.11 Å². The zero-order valence-corrected chi connectivity index (χ0v) is 12.6. The Balaban J connectivity index is 1.82. The largest absolute Gasteiger partial charge is 0.489 e. The van der Waals surface area contributed by atoms with E-state index in [-0.39, 0.29) is 16.5 Å². The summed E-state index contributed by atoms with van der Waals surface area (Å²) in [7, 11) is 1.41. The minimum Gasteiger partial charge on any atom is -0.489 e. The van der Waals surface area contributed by atoms with Crippen LogP contribution in [-0.4, -0.2) is 26.4 Å². The van der Waals surface area contributed by atoms with Gasteiger partial charge in [0.05, 0.1) is 31.7 Å². The van der Waals surface area contributed by atoms with Gasteiger partial charge in [0.25, 0.3) is 5.56 Å². The van der Waals surface area contributed by atoms with E-state index in [1.165, 1.54) is 43.7 Å². The Morgan fingerprint density at radius 2 is 2.19 bits per heavy atom. The SMILES string of the molecule is COc1c(Cl)ncn(Cc2ccn(C3CCCC3)n2)c1=O. The molecule has 0 unspecified atom stereocenters. The molecule has 2 aromatic rings. The zero-order chi connectivity index (χ0) is 14.8. The monoisotopic (exact) mass is 308 g/mol. The first-order chi connectivity index (χ1) is 10.2. The molecule has 0 saturated heterocycles. The maximum Gasteiger partial charge on any atom is 0.297 e. The summed E-state index contributed by atoms with van der Waals surface area (Å²) in [4.78, 5) is 16.1. The fourth-order valence-electron chi connectivity index (χ4n) is 2.74. The third kappa shape index (κ3) is 2.81. The van der Waals surface area contributed by atoms with Crippen LogP contribution in [0.3, 0.4) is 0 Å². The first kappa shape index (κ1) is 14.1. The molecule has 1 fully saturated rings. The fourth-order valence-corrected chi connectivity index (χ4v) is 2.94. The second-order valence-electron chi connectivity index (χ2n) is 5.23. The summed E-state index contributed by atoms with van der Waals surface area (Å²) < 4.78 is 8.45. The van der Waals surface area contributed by atoms with Crippen molar-refractivity contribution in [3.05, 3.63) is 39.8 Å². The Morgan fingerprint density at radius 1 is 1.43 bits per heavy atom. The van der Waals surface area contributed by atoms with Crippen LogP contribution in [0, 0.1) is 0 Å². The molecule has 0 spiro atoms. The lowest BCUT2D eigenvalue weighted by Crippen LogP contribution is -2.23. The quantitative estimate of drug-likeness (QED) is 0.813. The number of halogens is 1.